The normalized spacial score (nSPS) is 10.7. The molecule has 2 amide bonds. The first-order chi connectivity index (χ1) is 12.4. The van der Waals surface area contributed by atoms with Crippen LogP contribution in [0.1, 0.15) is 31.1 Å². The summed E-state index contributed by atoms with van der Waals surface area (Å²) >= 11 is 0. The molecule has 1 aromatic heterocycles. The van der Waals surface area contributed by atoms with Gasteiger partial charge in [-0.2, -0.15) is 5.10 Å². The highest BCUT2D eigenvalue weighted by atomic mass is 16.2. The smallest absolute Gasteiger partial charge is 0.258 e. The number of benzene rings is 1. The Bertz CT molecular complexity index is 777. The zero-order valence-corrected chi connectivity index (χ0v) is 15.8. The summed E-state index contributed by atoms with van der Waals surface area (Å²) in [6.45, 7) is 11.0. The number of aromatic nitrogens is 2. The molecule has 0 bridgehead atoms. The molecule has 2 aromatic rings. The number of carbonyl (C=O) groups excluding carboxylic acids is 2. The minimum absolute atomic E-state index is 0.0846. The van der Waals surface area contributed by atoms with Gasteiger partial charge in [0, 0.05) is 37.6 Å². The molecule has 0 atom stereocenters. The Kier molecular flexibility index (Phi) is 6.33. The molecule has 0 spiro atoms. The first-order valence-electron chi connectivity index (χ1n) is 8.71. The van der Waals surface area contributed by atoms with E-state index in [1.54, 1.807) is 47.1 Å². The number of carbonyl (C=O) groups is 2. The highest BCUT2D eigenvalue weighted by Gasteiger charge is 2.20. The third-order valence-corrected chi connectivity index (χ3v) is 4.05. The predicted molar refractivity (Wildman–Crippen MR) is 104 cm³/mol. The van der Waals surface area contributed by atoms with Crippen molar-refractivity contribution in [3.8, 4) is 0 Å². The molecule has 6 nitrogen and oxygen atoms in total. The van der Waals surface area contributed by atoms with Crippen LogP contribution in [0.3, 0.4) is 0 Å². The van der Waals surface area contributed by atoms with E-state index in [-0.39, 0.29) is 11.8 Å². The molecular weight excluding hydrogens is 328 g/mol. The SMILES string of the molecule is C=CC(=O)N(C)c1ccc(C(=O)N(CC(C)C)c2cnn(CC)c2)cc1. The lowest BCUT2D eigenvalue weighted by Gasteiger charge is -2.23. The van der Waals surface area contributed by atoms with Gasteiger partial charge >= 0.3 is 0 Å². The number of amides is 2. The molecule has 0 aliphatic carbocycles. The molecule has 0 fully saturated rings. The Morgan fingerprint density at radius 3 is 2.38 bits per heavy atom. The number of likely N-dealkylation sites (N-methyl/N-ethyl adjacent to an activating group) is 1. The molecule has 1 heterocycles. The van der Waals surface area contributed by atoms with Gasteiger partial charge in [-0.3, -0.25) is 14.3 Å². The van der Waals surface area contributed by atoms with Crippen LogP contribution in [0.4, 0.5) is 11.4 Å². The second kappa shape index (κ2) is 8.47. The van der Waals surface area contributed by atoms with Crippen LogP contribution in [0.5, 0.6) is 0 Å². The maximum atomic E-state index is 13.0. The lowest BCUT2D eigenvalue weighted by molar-refractivity contribution is -0.113. The highest BCUT2D eigenvalue weighted by molar-refractivity contribution is 6.06. The first kappa shape index (κ1) is 19.4. The van der Waals surface area contributed by atoms with Gasteiger partial charge in [0.15, 0.2) is 0 Å². The number of nitrogens with zero attached hydrogens (tertiary/aromatic N) is 4. The zero-order valence-electron chi connectivity index (χ0n) is 15.8. The molecule has 2 rings (SSSR count). The average molecular weight is 354 g/mol. The van der Waals surface area contributed by atoms with Gasteiger partial charge in [-0.25, -0.2) is 0 Å². The second-order valence-corrected chi connectivity index (χ2v) is 6.51. The molecule has 6 heteroatoms. The summed E-state index contributed by atoms with van der Waals surface area (Å²) in [4.78, 5) is 28.0. The molecule has 0 aliphatic rings. The Morgan fingerprint density at radius 2 is 1.88 bits per heavy atom. The van der Waals surface area contributed by atoms with E-state index >= 15 is 0 Å². The molecule has 0 saturated heterocycles. The molecule has 138 valence electrons. The fraction of sp³-hybridized carbons (Fsp3) is 0.350. The van der Waals surface area contributed by atoms with E-state index in [1.165, 1.54) is 11.0 Å². The summed E-state index contributed by atoms with van der Waals surface area (Å²) < 4.78 is 1.80. The van der Waals surface area contributed by atoms with Crippen molar-refractivity contribution in [3.05, 3.63) is 54.9 Å². The van der Waals surface area contributed by atoms with Crippen molar-refractivity contribution >= 4 is 23.2 Å². The number of anilines is 2. The van der Waals surface area contributed by atoms with Crippen LogP contribution < -0.4 is 9.80 Å². The fourth-order valence-corrected chi connectivity index (χ4v) is 2.58. The molecule has 0 N–H and O–H groups in total. The third kappa shape index (κ3) is 4.39. The quantitative estimate of drug-likeness (QED) is 0.717. The van der Waals surface area contributed by atoms with E-state index < -0.39 is 0 Å². The Balaban J connectivity index is 2.27. The van der Waals surface area contributed by atoms with Crippen LogP contribution >= 0.6 is 0 Å². The summed E-state index contributed by atoms with van der Waals surface area (Å²) in [5.41, 5.74) is 2.06. The van der Waals surface area contributed by atoms with Crippen LogP contribution in [-0.4, -0.2) is 35.2 Å². The summed E-state index contributed by atoms with van der Waals surface area (Å²) in [6, 6.07) is 7.00. The maximum absolute atomic E-state index is 13.0. The minimum atomic E-state index is -0.197. The molecule has 0 unspecified atom stereocenters. The Hall–Kier alpha value is -2.89. The van der Waals surface area contributed by atoms with E-state index in [1.807, 2.05) is 13.1 Å². The van der Waals surface area contributed by atoms with Gasteiger partial charge in [0.2, 0.25) is 5.91 Å². The number of rotatable bonds is 7. The summed E-state index contributed by atoms with van der Waals surface area (Å²) in [6.07, 6.45) is 4.86. The highest BCUT2D eigenvalue weighted by Crippen LogP contribution is 2.20. The fourth-order valence-electron chi connectivity index (χ4n) is 2.58. The number of hydrogen-bond acceptors (Lipinski definition) is 3. The largest absolute Gasteiger partial charge is 0.312 e. The Labute approximate surface area is 154 Å². The summed E-state index contributed by atoms with van der Waals surface area (Å²) in [5, 5.41) is 4.27. The van der Waals surface area contributed by atoms with Crippen LogP contribution in [0, 0.1) is 5.92 Å². The topological polar surface area (TPSA) is 58.4 Å². The van der Waals surface area contributed by atoms with Crippen LogP contribution in [0.2, 0.25) is 0 Å². The maximum Gasteiger partial charge on any atom is 0.258 e. The van der Waals surface area contributed by atoms with Gasteiger partial charge in [0.1, 0.15) is 0 Å². The van der Waals surface area contributed by atoms with Gasteiger partial charge < -0.3 is 9.80 Å². The van der Waals surface area contributed by atoms with E-state index in [9.17, 15) is 9.59 Å². The van der Waals surface area contributed by atoms with Crippen molar-refractivity contribution in [1.82, 2.24) is 9.78 Å². The predicted octanol–water partition coefficient (Wildman–Crippen LogP) is 3.35. The molecule has 0 aliphatic heterocycles. The molecule has 26 heavy (non-hydrogen) atoms. The standard InChI is InChI=1S/C20H26N4O2/c1-6-19(25)22(5)17-10-8-16(9-11-17)20(26)24(13-15(3)4)18-12-21-23(7-2)14-18/h6,8-12,14-15H,1,7,13H2,2-5H3. The first-order valence-corrected chi connectivity index (χ1v) is 8.71. The van der Waals surface area contributed by atoms with Crippen molar-refractivity contribution in [2.75, 3.05) is 23.4 Å². The van der Waals surface area contributed by atoms with E-state index in [2.05, 4.69) is 25.5 Å². The van der Waals surface area contributed by atoms with Gasteiger partial charge in [-0.05, 0) is 43.2 Å². The van der Waals surface area contributed by atoms with E-state index in [4.69, 9.17) is 0 Å². The van der Waals surface area contributed by atoms with Crippen LogP contribution in [0.15, 0.2) is 49.3 Å². The molecule has 0 radical (unpaired) electrons. The van der Waals surface area contributed by atoms with Gasteiger partial charge in [-0.1, -0.05) is 20.4 Å². The second-order valence-electron chi connectivity index (χ2n) is 6.51. The van der Waals surface area contributed by atoms with Crippen molar-refractivity contribution in [3.63, 3.8) is 0 Å². The van der Waals surface area contributed by atoms with E-state index in [0.717, 1.165) is 12.2 Å². The Morgan fingerprint density at radius 1 is 1.23 bits per heavy atom. The van der Waals surface area contributed by atoms with Crippen molar-refractivity contribution in [2.24, 2.45) is 5.92 Å². The zero-order chi connectivity index (χ0) is 19.3. The minimum Gasteiger partial charge on any atom is -0.312 e. The van der Waals surface area contributed by atoms with Crippen molar-refractivity contribution in [1.29, 1.82) is 0 Å². The van der Waals surface area contributed by atoms with Crippen molar-refractivity contribution in [2.45, 2.75) is 27.3 Å². The van der Waals surface area contributed by atoms with Gasteiger partial charge in [-0.15, -0.1) is 0 Å². The third-order valence-electron chi connectivity index (χ3n) is 4.05. The molecular formula is C20H26N4O2. The van der Waals surface area contributed by atoms with Crippen LogP contribution in [-0.2, 0) is 11.3 Å². The average Bonchev–Trinajstić information content (AvgIpc) is 3.13. The number of hydrogen-bond donors (Lipinski definition) is 0. The lowest BCUT2D eigenvalue weighted by Crippen LogP contribution is -2.34. The van der Waals surface area contributed by atoms with Gasteiger partial charge in [0.25, 0.3) is 5.91 Å². The monoisotopic (exact) mass is 354 g/mol. The van der Waals surface area contributed by atoms with E-state index in [0.29, 0.717) is 23.7 Å². The van der Waals surface area contributed by atoms with Gasteiger partial charge in [0.05, 0.1) is 11.9 Å². The molecule has 1 aromatic carbocycles. The van der Waals surface area contributed by atoms with Crippen molar-refractivity contribution < 1.29 is 9.59 Å². The summed E-state index contributed by atoms with van der Waals surface area (Å²) in [7, 11) is 1.67. The number of aryl methyl sites for hydroxylation is 1. The molecule has 0 saturated carbocycles. The lowest BCUT2D eigenvalue weighted by atomic mass is 10.1. The van der Waals surface area contributed by atoms with Crippen LogP contribution in [0.25, 0.3) is 0 Å². The summed E-state index contributed by atoms with van der Waals surface area (Å²) in [5.74, 6) is 0.0376.